The Kier molecular flexibility index (Phi) is 5.91. The van der Waals surface area contributed by atoms with Gasteiger partial charge in [-0.15, -0.1) is 0 Å². The minimum Gasteiger partial charge on any atom is -0.497 e. The van der Waals surface area contributed by atoms with Gasteiger partial charge in [0.25, 0.3) is 0 Å². The fraction of sp³-hybridized carbons (Fsp3) is 0.333. The second-order valence-electron chi connectivity index (χ2n) is 7.22. The van der Waals surface area contributed by atoms with Crippen LogP contribution in [0.1, 0.15) is 12.0 Å². The molecule has 1 N–H and O–H groups in total. The Balaban J connectivity index is 1.78. The highest BCUT2D eigenvalue weighted by molar-refractivity contribution is 6.04. The Labute approximate surface area is 172 Å². The Hall–Kier alpha value is -3.23. The van der Waals surface area contributed by atoms with Gasteiger partial charge in [0.2, 0.25) is 11.8 Å². The van der Waals surface area contributed by atoms with Crippen LogP contribution < -0.4 is 19.9 Å². The van der Waals surface area contributed by atoms with Crippen molar-refractivity contribution in [2.45, 2.75) is 12.6 Å². The molecule has 9 heteroatoms. The van der Waals surface area contributed by atoms with Crippen LogP contribution in [-0.2, 0) is 15.8 Å². The van der Waals surface area contributed by atoms with Crippen LogP contribution in [0.25, 0.3) is 0 Å². The van der Waals surface area contributed by atoms with Crippen molar-refractivity contribution in [2.75, 3.05) is 42.9 Å². The molecule has 6 nitrogen and oxygen atoms in total. The molecule has 2 aromatic rings. The van der Waals surface area contributed by atoms with Gasteiger partial charge in [-0.25, -0.2) is 0 Å². The lowest BCUT2D eigenvalue weighted by molar-refractivity contribution is -0.137. The van der Waals surface area contributed by atoms with Crippen molar-refractivity contribution in [3.8, 4) is 5.75 Å². The first-order valence-corrected chi connectivity index (χ1v) is 9.24. The smallest absolute Gasteiger partial charge is 0.416 e. The Bertz CT molecular complexity index is 943. The first-order valence-electron chi connectivity index (χ1n) is 9.24. The van der Waals surface area contributed by atoms with Crippen LogP contribution in [0.2, 0.25) is 0 Å². The molecule has 0 aliphatic carbocycles. The summed E-state index contributed by atoms with van der Waals surface area (Å²) in [6.07, 6.45) is -4.55. The number of methoxy groups -OCH3 is 1. The number of halogens is 3. The summed E-state index contributed by atoms with van der Waals surface area (Å²) < 4.78 is 44.4. The van der Waals surface area contributed by atoms with E-state index in [0.717, 1.165) is 12.1 Å². The number of carbonyl (C=O) groups is 2. The SMILES string of the molecule is COc1ccc(N2CC(C(=O)Nc3cc(C(F)(F)F)ccc3N(C)C)CC2=O)cc1. The quantitative estimate of drug-likeness (QED) is 0.799. The highest BCUT2D eigenvalue weighted by Gasteiger charge is 2.36. The van der Waals surface area contributed by atoms with Crippen molar-refractivity contribution in [1.82, 2.24) is 0 Å². The first kappa shape index (κ1) is 21.5. The third-order valence-electron chi connectivity index (χ3n) is 4.94. The Morgan fingerprint density at radius 2 is 1.83 bits per heavy atom. The summed E-state index contributed by atoms with van der Waals surface area (Å²) in [5, 5.41) is 2.58. The standard InChI is InChI=1S/C21H22F3N3O3/c1-26(2)18-9-4-14(21(22,23)24)11-17(18)25-20(29)13-10-19(28)27(12-13)15-5-7-16(30-3)8-6-15/h4-9,11,13H,10,12H2,1-3H3,(H,25,29). The van der Waals surface area contributed by atoms with Crippen molar-refractivity contribution in [3.63, 3.8) is 0 Å². The minimum atomic E-state index is -4.53. The molecule has 0 radical (unpaired) electrons. The summed E-state index contributed by atoms with van der Waals surface area (Å²) >= 11 is 0. The molecule has 1 aliphatic heterocycles. The fourth-order valence-corrected chi connectivity index (χ4v) is 3.33. The third-order valence-corrected chi connectivity index (χ3v) is 4.94. The number of alkyl halides is 3. The topological polar surface area (TPSA) is 61.9 Å². The van der Waals surface area contributed by atoms with Gasteiger partial charge in [-0.2, -0.15) is 13.2 Å². The second-order valence-corrected chi connectivity index (χ2v) is 7.22. The molecule has 0 spiro atoms. The van der Waals surface area contributed by atoms with Gasteiger partial charge in [0.05, 0.1) is 30.0 Å². The van der Waals surface area contributed by atoms with Gasteiger partial charge in [-0.3, -0.25) is 9.59 Å². The molecule has 1 heterocycles. The van der Waals surface area contributed by atoms with E-state index in [1.807, 2.05) is 0 Å². The van der Waals surface area contributed by atoms with Crippen molar-refractivity contribution in [2.24, 2.45) is 5.92 Å². The normalized spacial score (nSPS) is 16.5. The van der Waals surface area contributed by atoms with E-state index in [-0.39, 0.29) is 24.6 Å². The Morgan fingerprint density at radius 1 is 1.17 bits per heavy atom. The zero-order valence-electron chi connectivity index (χ0n) is 16.8. The highest BCUT2D eigenvalue weighted by Crippen LogP contribution is 2.35. The minimum absolute atomic E-state index is 0.0197. The highest BCUT2D eigenvalue weighted by atomic mass is 19.4. The summed E-state index contributed by atoms with van der Waals surface area (Å²) in [6, 6.07) is 10.0. The summed E-state index contributed by atoms with van der Waals surface area (Å²) in [6.45, 7) is 0.146. The number of hydrogen-bond donors (Lipinski definition) is 1. The molecule has 0 saturated carbocycles. The van der Waals surface area contributed by atoms with Crippen LogP contribution in [0.5, 0.6) is 5.75 Å². The molecule has 3 rings (SSSR count). The van der Waals surface area contributed by atoms with E-state index < -0.39 is 23.6 Å². The van der Waals surface area contributed by atoms with Crippen LogP contribution in [-0.4, -0.2) is 39.6 Å². The van der Waals surface area contributed by atoms with Crippen molar-refractivity contribution in [1.29, 1.82) is 0 Å². The van der Waals surface area contributed by atoms with Gasteiger partial charge >= 0.3 is 6.18 Å². The maximum Gasteiger partial charge on any atom is 0.416 e. The zero-order chi connectivity index (χ0) is 22.1. The van der Waals surface area contributed by atoms with Crippen molar-refractivity contribution in [3.05, 3.63) is 48.0 Å². The first-order chi connectivity index (χ1) is 14.1. The van der Waals surface area contributed by atoms with E-state index in [4.69, 9.17) is 4.74 Å². The molecule has 1 unspecified atom stereocenters. The molecular weight excluding hydrogens is 399 g/mol. The van der Waals surface area contributed by atoms with Crippen LogP contribution in [0.4, 0.5) is 30.2 Å². The van der Waals surface area contributed by atoms with Crippen LogP contribution in [0.15, 0.2) is 42.5 Å². The predicted molar refractivity (Wildman–Crippen MR) is 108 cm³/mol. The largest absolute Gasteiger partial charge is 0.497 e. The molecule has 2 aromatic carbocycles. The molecule has 2 amide bonds. The van der Waals surface area contributed by atoms with Gasteiger partial charge in [0, 0.05) is 32.7 Å². The third kappa shape index (κ3) is 4.50. The fourth-order valence-electron chi connectivity index (χ4n) is 3.33. The number of anilines is 3. The van der Waals surface area contributed by atoms with E-state index in [0.29, 0.717) is 17.1 Å². The number of nitrogens with zero attached hydrogens (tertiary/aromatic N) is 2. The number of amides is 2. The monoisotopic (exact) mass is 421 g/mol. The second kappa shape index (κ2) is 8.25. The molecule has 1 aliphatic rings. The zero-order valence-corrected chi connectivity index (χ0v) is 16.8. The van der Waals surface area contributed by atoms with Gasteiger partial charge in [0.15, 0.2) is 0 Å². The molecule has 0 aromatic heterocycles. The summed E-state index contributed by atoms with van der Waals surface area (Å²) in [5.74, 6) is -0.761. The molecule has 1 saturated heterocycles. The van der Waals surface area contributed by atoms with E-state index in [1.165, 1.54) is 18.1 Å². The number of carbonyl (C=O) groups excluding carboxylic acids is 2. The van der Waals surface area contributed by atoms with Crippen LogP contribution in [0, 0.1) is 5.92 Å². The van der Waals surface area contributed by atoms with Gasteiger partial charge in [0.1, 0.15) is 5.75 Å². The molecule has 30 heavy (non-hydrogen) atoms. The van der Waals surface area contributed by atoms with E-state index in [2.05, 4.69) is 5.32 Å². The lowest BCUT2D eigenvalue weighted by atomic mass is 10.1. The predicted octanol–water partition coefficient (Wildman–Crippen LogP) is 3.77. The lowest BCUT2D eigenvalue weighted by Gasteiger charge is -2.21. The number of ether oxygens (including phenoxy) is 1. The molecule has 1 atom stereocenters. The molecule has 1 fully saturated rings. The molecule has 0 bridgehead atoms. The van der Waals surface area contributed by atoms with E-state index >= 15 is 0 Å². The van der Waals surface area contributed by atoms with Crippen LogP contribution in [0.3, 0.4) is 0 Å². The van der Waals surface area contributed by atoms with Crippen molar-refractivity contribution >= 4 is 28.9 Å². The number of hydrogen-bond acceptors (Lipinski definition) is 4. The van der Waals surface area contributed by atoms with E-state index in [1.54, 1.807) is 43.3 Å². The lowest BCUT2D eigenvalue weighted by Crippen LogP contribution is -2.28. The van der Waals surface area contributed by atoms with Crippen molar-refractivity contribution < 1.29 is 27.5 Å². The number of benzene rings is 2. The van der Waals surface area contributed by atoms with Gasteiger partial charge in [-0.05, 0) is 42.5 Å². The maximum absolute atomic E-state index is 13.1. The molecule has 160 valence electrons. The average molecular weight is 421 g/mol. The molecular formula is C21H22F3N3O3. The number of rotatable bonds is 5. The number of nitrogens with one attached hydrogen (secondary N) is 1. The van der Waals surface area contributed by atoms with Gasteiger partial charge < -0.3 is 19.9 Å². The summed E-state index contributed by atoms with van der Waals surface area (Å²) in [5.41, 5.74) is 0.262. The summed E-state index contributed by atoms with van der Waals surface area (Å²) in [4.78, 5) is 28.3. The van der Waals surface area contributed by atoms with Crippen LogP contribution >= 0.6 is 0 Å². The van der Waals surface area contributed by atoms with E-state index in [9.17, 15) is 22.8 Å². The summed E-state index contributed by atoms with van der Waals surface area (Å²) in [7, 11) is 4.87. The van der Waals surface area contributed by atoms with Gasteiger partial charge in [-0.1, -0.05) is 0 Å². The average Bonchev–Trinajstić information content (AvgIpc) is 3.09. The maximum atomic E-state index is 13.1. The Morgan fingerprint density at radius 3 is 2.40 bits per heavy atom.